The number of carbonyl (C=O) groups is 1. The summed E-state index contributed by atoms with van der Waals surface area (Å²) in [5.74, 6) is 1.36. The summed E-state index contributed by atoms with van der Waals surface area (Å²) in [6.45, 7) is 7.56. The van der Waals surface area contributed by atoms with Gasteiger partial charge in [0.2, 0.25) is 5.91 Å². The van der Waals surface area contributed by atoms with Gasteiger partial charge in [0.25, 0.3) is 0 Å². The molecule has 0 saturated carbocycles. The van der Waals surface area contributed by atoms with Crippen LogP contribution in [0.3, 0.4) is 0 Å². The van der Waals surface area contributed by atoms with Gasteiger partial charge >= 0.3 is 0 Å². The number of benzene rings is 3. The normalized spacial score (nSPS) is 18.5. The maximum Gasteiger partial charge on any atom is 0.227 e. The Bertz CT molecular complexity index is 1310. The number of aryl methyl sites for hydroxylation is 2. The molecule has 0 aliphatic carbocycles. The molecule has 2 atom stereocenters. The Hall–Kier alpha value is -3.23. The summed E-state index contributed by atoms with van der Waals surface area (Å²) >= 11 is 0. The molecule has 43 heavy (non-hydrogen) atoms. The number of methoxy groups -OCH3 is 1. The van der Waals surface area contributed by atoms with Gasteiger partial charge in [-0.15, -0.1) is 0 Å². The van der Waals surface area contributed by atoms with E-state index in [2.05, 4.69) is 79.0 Å². The zero-order valence-electron chi connectivity index (χ0n) is 25.7. The van der Waals surface area contributed by atoms with Crippen molar-refractivity contribution in [3.05, 3.63) is 94.5 Å². The van der Waals surface area contributed by atoms with Crippen molar-refractivity contribution in [1.82, 2.24) is 5.32 Å². The molecule has 0 aromatic heterocycles. The second-order valence-electron chi connectivity index (χ2n) is 11.5. The van der Waals surface area contributed by atoms with E-state index in [1.165, 1.54) is 22.3 Å². The second kappa shape index (κ2) is 16.0. The largest absolute Gasteiger partial charge is 0.491 e. The van der Waals surface area contributed by atoms with Gasteiger partial charge in [-0.05, 0) is 85.2 Å². The minimum absolute atomic E-state index is 0.0673. The highest BCUT2D eigenvalue weighted by Gasteiger charge is 2.28. The molecule has 3 aromatic carbocycles. The molecule has 0 unspecified atom stereocenters. The third-order valence-electron chi connectivity index (χ3n) is 8.55. The number of fused-ring (bicyclic) bond motifs is 1. The molecule has 0 spiro atoms. The van der Waals surface area contributed by atoms with Crippen LogP contribution in [0.4, 0.5) is 5.69 Å². The molecule has 1 amide bonds. The standard InChI is InChI=1S/C36H46N2O5/c1-27-6-3-4-7-29(27)17-21-41-22-23-42-32-13-10-30(11-14-32)33-16-18-37-25-35(33)43-26-28-8-9-31-12-15-36(39)38(34(31)24-28)19-5-20-40-2/h3-4,6-11,13-14,24,33,35,37H,5,12,15-23,25-26H2,1-2H3/t33-,35+/m1/s1. The lowest BCUT2D eigenvalue weighted by molar-refractivity contribution is -0.118. The van der Waals surface area contributed by atoms with Gasteiger partial charge in [0.05, 0.1) is 25.9 Å². The van der Waals surface area contributed by atoms with Gasteiger partial charge in [-0.25, -0.2) is 0 Å². The second-order valence-corrected chi connectivity index (χ2v) is 11.5. The monoisotopic (exact) mass is 586 g/mol. The van der Waals surface area contributed by atoms with E-state index in [0.717, 1.165) is 55.8 Å². The van der Waals surface area contributed by atoms with Gasteiger partial charge in [-0.2, -0.15) is 0 Å². The maximum atomic E-state index is 12.7. The van der Waals surface area contributed by atoms with Gasteiger partial charge in [0.1, 0.15) is 12.4 Å². The van der Waals surface area contributed by atoms with Crippen LogP contribution in [0.25, 0.3) is 0 Å². The van der Waals surface area contributed by atoms with E-state index in [1.54, 1.807) is 7.11 Å². The summed E-state index contributed by atoms with van der Waals surface area (Å²) in [6.07, 6.45) is 4.19. The molecular weight excluding hydrogens is 540 g/mol. The molecule has 7 heteroatoms. The van der Waals surface area contributed by atoms with E-state index >= 15 is 0 Å². The Balaban J connectivity index is 1.10. The summed E-state index contributed by atoms with van der Waals surface area (Å²) in [5.41, 5.74) is 7.26. The van der Waals surface area contributed by atoms with Crippen LogP contribution in [0.5, 0.6) is 5.75 Å². The van der Waals surface area contributed by atoms with Crippen molar-refractivity contribution >= 4 is 11.6 Å². The SMILES string of the molecule is COCCCN1C(=O)CCc2ccc(CO[C@H]3CNCC[C@@H]3c3ccc(OCCOCCc4ccccc4C)cc3)cc21. The van der Waals surface area contributed by atoms with Gasteiger partial charge in [-0.1, -0.05) is 48.5 Å². The van der Waals surface area contributed by atoms with Crippen LogP contribution < -0.4 is 15.0 Å². The minimum Gasteiger partial charge on any atom is -0.491 e. The van der Waals surface area contributed by atoms with Crippen LogP contribution in [0, 0.1) is 6.92 Å². The number of ether oxygens (including phenoxy) is 4. The zero-order chi connectivity index (χ0) is 29.9. The quantitative estimate of drug-likeness (QED) is 0.234. The number of piperidine rings is 1. The van der Waals surface area contributed by atoms with Crippen molar-refractivity contribution in [2.75, 3.05) is 58.1 Å². The summed E-state index contributed by atoms with van der Waals surface area (Å²) in [4.78, 5) is 14.6. The van der Waals surface area contributed by atoms with Crippen LogP contribution in [-0.4, -0.2) is 65.2 Å². The van der Waals surface area contributed by atoms with E-state index in [1.807, 2.05) is 4.90 Å². The first kappa shape index (κ1) is 31.2. The summed E-state index contributed by atoms with van der Waals surface area (Å²) in [6, 6.07) is 23.3. The van der Waals surface area contributed by atoms with Crippen molar-refractivity contribution in [2.45, 2.75) is 57.7 Å². The Labute approximate surface area is 256 Å². The average molecular weight is 587 g/mol. The van der Waals surface area contributed by atoms with E-state index in [9.17, 15) is 4.79 Å². The topological polar surface area (TPSA) is 69.3 Å². The zero-order valence-corrected chi connectivity index (χ0v) is 25.7. The van der Waals surface area contributed by atoms with E-state index in [-0.39, 0.29) is 12.0 Å². The third-order valence-corrected chi connectivity index (χ3v) is 8.55. The van der Waals surface area contributed by atoms with Crippen molar-refractivity contribution in [3.63, 3.8) is 0 Å². The van der Waals surface area contributed by atoms with E-state index < -0.39 is 0 Å². The first-order valence-corrected chi connectivity index (χ1v) is 15.7. The number of anilines is 1. The lowest BCUT2D eigenvalue weighted by Gasteiger charge is -2.33. The molecule has 0 bridgehead atoms. The number of nitrogens with one attached hydrogen (secondary N) is 1. The van der Waals surface area contributed by atoms with Gasteiger partial charge in [0, 0.05) is 44.8 Å². The smallest absolute Gasteiger partial charge is 0.227 e. The number of carbonyl (C=O) groups excluding carboxylic acids is 1. The van der Waals surface area contributed by atoms with Crippen molar-refractivity contribution in [3.8, 4) is 5.75 Å². The summed E-state index contributed by atoms with van der Waals surface area (Å²) in [5, 5.41) is 3.50. The first-order chi connectivity index (χ1) is 21.1. The van der Waals surface area contributed by atoms with E-state index in [4.69, 9.17) is 18.9 Å². The predicted octanol–water partition coefficient (Wildman–Crippen LogP) is 5.61. The number of hydrogen-bond donors (Lipinski definition) is 1. The van der Waals surface area contributed by atoms with Crippen LogP contribution in [0.1, 0.15) is 53.0 Å². The average Bonchev–Trinajstić information content (AvgIpc) is 3.04. The molecule has 7 nitrogen and oxygen atoms in total. The third kappa shape index (κ3) is 8.67. The predicted molar refractivity (Wildman–Crippen MR) is 170 cm³/mol. The molecule has 2 aliphatic rings. The molecule has 5 rings (SSSR count). The fourth-order valence-corrected chi connectivity index (χ4v) is 6.08. The molecule has 1 saturated heterocycles. The Morgan fingerprint density at radius 2 is 1.81 bits per heavy atom. The summed E-state index contributed by atoms with van der Waals surface area (Å²) in [7, 11) is 1.70. The molecular formula is C36H46N2O5. The minimum atomic E-state index is 0.0673. The molecule has 1 fully saturated rings. The fraction of sp³-hybridized carbons (Fsp3) is 0.472. The molecule has 0 radical (unpaired) electrons. The van der Waals surface area contributed by atoms with Gasteiger partial charge < -0.3 is 29.2 Å². The Kier molecular flexibility index (Phi) is 11.6. The Morgan fingerprint density at radius 1 is 0.953 bits per heavy atom. The van der Waals surface area contributed by atoms with Crippen molar-refractivity contribution in [2.24, 2.45) is 0 Å². The summed E-state index contributed by atoms with van der Waals surface area (Å²) < 4.78 is 23.5. The highest BCUT2D eigenvalue weighted by molar-refractivity contribution is 5.96. The van der Waals surface area contributed by atoms with Gasteiger partial charge in [0.15, 0.2) is 0 Å². The van der Waals surface area contributed by atoms with Crippen LogP contribution >= 0.6 is 0 Å². The molecule has 3 aromatic rings. The number of nitrogens with zero attached hydrogens (tertiary/aromatic N) is 1. The highest BCUT2D eigenvalue weighted by Crippen LogP contribution is 2.32. The molecule has 2 heterocycles. The molecule has 1 N–H and O–H groups in total. The van der Waals surface area contributed by atoms with Crippen LogP contribution in [0.15, 0.2) is 66.7 Å². The van der Waals surface area contributed by atoms with E-state index in [0.29, 0.717) is 51.9 Å². The van der Waals surface area contributed by atoms with Crippen LogP contribution in [0.2, 0.25) is 0 Å². The fourth-order valence-electron chi connectivity index (χ4n) is 6.08. The van der Waals surface area contributed by atoms with Gasteiger partial charge in [-0.3, -0.25) is 4.79 Å². The first-order valence-electron chi connectivity index (χ1n) is 15.7. The molecule has 230 valence electrons. The maximum absolute atomic E-state index is 12.7. The Morgan fingerprint density at radius 3 is 2.65 bits per heavy atom. The molecule has 2 aliphatic heterocycles. The lowest BCUT2D eigenvalue weighted by Crippen LogP contribution is -2.41. The number of rotatable bonds is 15. The number of hydrogen-bond acceptors (Lipinski definition) is 6. The van der Waals surface area contributed by atoms with Crippen molar-refractivity contribution in [1.29, 1.82) is 0 Å². The van der Waals surface area contributed by atoms with Crippen LogP contribution in [-0.2, 0) is 38.5 Å². The number of amides is 1. The van der Waals surface area contributed by atoms with Crippen molar-refractivity contribution < 1.29 is 23.7 Å². The lowest BCUT2D eigenvalue weighted by atomic mass is 9.87. The highest BCUT2D eigenvalue weighted by atomic mass is 16.5.